The van der Waals surface area contributed by atoms with Gasteiger partial charge in [0.15, 0.2) is 17.7 Å². The smallest absolute Gasteiger partial charge is 0.408 e. The molecule has 5 heterocycles. The van der Waals surface area contributed by atoms with E-state index >= 15 is 0 Å². The summed E-state index contributed by atoms with van der Waals surface area (Å²) in [7, 11) is 3.73. The molecule has 0 aliphatic carbocycles. The quantitative estimate of drug-likeness (QED) is 0.221. The van der Waals surface area contributed by atoms with Crippen molar-refractivity contribution in [3.05, 3.63) is 48.2 Å². The Morgan fingerprint density at radius 1 is 1.07 bits per heavy atom. The predicted molar refractivity (Wildman–Crippen MR) is 205 cm³/mol. The number of aromatic nitrogens is 1. The Kier molecular flexibility index (Phi) is 12.1. The Bertz CT molecular complexity index is 1830. The molecule has 2 N–H and O–H groups in total. The molecular weight excluding hydrogens is 722 g/mol. The van der Waals surface area contributed by atoms with Crippen LogP contribution in [-0.4, -0.2) is 126 Å². The van der Waals surface area contributed by atoms with Crippen molar-refractivity contribution in [2.75, 3.05) is 27.3 Å². The number of likely N-dealkylation sites (N-methyl/N-ethyl adjacent to an activating group) is 1. The number of epoxide rings is 1. The molecule has 1 unspecified atom stereocenters. The lowest BCUT2D eigenvalue weighted by molar-refractivity contribution is -0.296. The summed E-state index contributed by atoms with van der Waals surface area (Å²) in [5.74, 6) is -4.29. The van der Waals surface area contributed by atoms with Crippen LogP contribution < -0.4 is 5.32 Å². The number of carbonyl (C=O) groups is 4. The normalized spacial score (nSPS) is 39.7. The molecule has 4 aliphatic heterocycles. The van der Waals surface area contributed by atoms with E-state index in [0.29, 0.717) is 6.42 Å². The largest absolute Gasteiger partial charge is 0.455 e. The molecular formula is C42H57N3O11. The van der Waals surface area contributed by atoms with Gasteiger partial charge in [0.2, 0.25) is 5.60 Å². The highest BCUT2D eigenvalue weighted by Gasteiger charge is 2.66. The van der Waals surface area contributed by atoms with Crippen LogP contribution in [0.1, 0.15) is 73.3 Å². The molecule has 0 radical (unpaired) electrons. The SMILES string of the molecule is CC[C@H]1OC(=O)C2(CO2)C(=O)[C@H](C)[C@@H](O[C@@H]2O[C@H](C)C[C@H](N(C)C)[C@H]2O)[C@@](C)(OC/C=C/c2cnc3ccccc3c2)C[C@@H](C)C(=O)[C@H](C)[C@H]2NC(=O)O[C@@]21C. The zero-order chi connectivity index (χ0) is 40.7. The molecule has 4 aliphatic rings. The van der Waals surface area contributed by atoms with Gasteiger partial charge in [0, 0.05) is 35.4 Å². The van der Waals surface area contributed by atoms with Gasteiger partial charge in [-0.05, 0) is 71.8 Å². The number of nitrogens with zero attached hydrogens (tertiary/aromatic N) is 2. The number of ether oxygens (including phenoxy) is 6. The average Bonchev–Trinajstić information content (AvgIpc) is 3.92. The molecule has 14 nitrogen and oxygen atoms in total. The van der Waals surface area contributed by atoms with E-state index in [1.165, 1.54) is 0 Å². The van der Waals surface area contributed by atoms with Crippen molar-refractivity contribution < 1.29 is 52.7 Å². The molecule has 306 valence electrons. The number of rotatable bonds is 8. The van der Waals surface area contributed by atoms with Crippen LogP contribution in [0.15, 0.2) is 42.6 Å². The first-order valence-electron chi connectivity index (χ1n) is 19.7. The summed E-state index contributed by atoms with van der Waals surface area (Å²) in [6.45, 7) is 12.0. The zero-order valence-electron chi connectivity index (χ0n) is 33.9. The second-order valence-corrected chi connectivity index (χ2v) is 16.7. The van der Waals surface area contributed by atoms with E-state index in [1.54, 1.807) is 47.7 Å². The van der Waals surface area contributed by atoms with Gasteiger partial charge >= 0.3 is 12.1 Å². The molecule has 0 bridgehead atoms. The number of esters is 1. The molecule has 2 aromatic rings. The van der Waals surface area contributed by atoms with Gasteiger partial charge in [0.1, 0.15) is 18.0 Å². The molecule has 1 aromatic heterocycles. The number of aliphatic hydroxyl groups is 1. The van der Waals surface area contributed by atoms with Crippen LogP contribution in [0.2, 0.25) is 0 Å². The van der Waals surface area contributed by atoms with Crippen LogP contribution >= 0.6 is 0 Å². The number of Topliss-reactive ketones (excluding diaryl/α,β-unsaturated/α-hetero) is 2. The topological polar surface area (TPSA) is 175 Å². The fourth-order valence-electron chi connectivity index (χ4n) is 8.99. The van der Waals surface area contributed by atoms with Gasteiger partial charge in [-0.1, -0.05) is 58.0 Å². The first-order valence-corrected chi connectivity index (χ1v) is 19.7. The Hall–Kier alpha value is -3.79. The second kappa shape index (κ2) is 16.2. The fraction of sp³-hybridized carbons (Fsp3) is 0.643. The Balaban J connectivity index is 1.40. The molecule has 14 heteroatoms. The minimum atomic E-state index is -1.94. The molecule has 4 saturated heterocycles. The summed E-state index contributed by atoms with van der Waals surface area (Å²) in [6, 6.07) is 8.63. The first kappa shape index (κ1) is 41.8. The summed E-state index contributed by atoms with van der Waals surface area (Å²) >= 11 is 0. The molecule has 1 amide bonds. The van der Waals surface area contributed by atoms with E-state index in [-0.39, 0.29) is 44.0 Å². The van der Waals surface area contributed by atoms with Crippen LogP contribution in [0, 0.1) is 17.8 Å². The van der Waals surface area contributed by atoms with Crippen LogP contribution in [0.25, 0.3) is 17.0 Å². The highest BCUT2D eigenvalue weighted by atomic mass is 16.7. The van der Waals surface area contributed by atoms with Crippen LogP contribution in [0.3, 0.4) is 0 Å². The van der Waals surface area contributed by atoms with Crippen LogP contribution in [0.5, 0.6) is 0 Å². The van der Waals surface area contributed by atoms with Crippen molar-refractivity contribution in [3.63, 3.8) is 0 Å². The van der Waals surface area contributed by atoms with E-state index in [4.69, 9.17) is 28.4 Å². The number of nitrogens with one attached hydrogen (secondary N) is 1. The first-order chi connectivity index (χ1) is 26.4. The third kappa shape index (κ3) is 8.01. The maximum Gasteiger partial charge on any atom is 0.408 e. The van der Waals surface area contributed by atoms with Crippen molar-refractivity contribution in [1.82, 2.24) is 15.2 Å². The zero-order valence-corrected chi connectivity index (χ0v) is 33.9. The van der Waals surface area contributed by atoms with Crippen molar-refractivity contribution in [3.8, 4) is 0 Å². The van der Waals surface area contributed by atoms with Crippen molar-refractivity contribution in [2.24, 2.45) is 17.8 Å². The lowest BCUT2D eigenvalue weighted by Gasteiger charge is -2.47. The van der Waals surface area contributed by atoms with E-state index in [9.17, 15) is 24.3 Å². The van der Waals surface area contributed by atoms with Crippen LogP contribution in [-0.2, 0) is 42.8 Å². The van der Waals surface area contributed by atoms with E-state index in [1.807, 2.05) is 68.4 Å². The number of pyridine rings is 1. The minimum Gasteiger partial charge on any atom is -0.455 e. The maximum atomic E-state index is 14.7. The monoisotopic (exact) mass is 779 g/mol. The minimum absolute atomic E-state index is 0.0395. The number of ketones is 2. The predicted octanol–water partition coefficient (Wildman–Crippen LogP) is 4.24. The van der Waals surface area contributed by atoms with Crippen LogP contribution in [0.4, 0.5) is 4.79 Å². The number of fused-ring (bicyclic) bond motifs is 2. The molecule has 1 spiro atoms. The number of benzene rings is 1. The van der Waals surface area contributed by atoms with Crippen molar-refractivity contribution in [1.29, 1.82) is 0 Å². The number of aliphatic hydroxyl groups excluding tert-OH is 1. The van der Waals surface area contributed by atoms with Gasteiger partial charge < -0.3 is 43.7 Å². The van der Waals surface area contributed by atoms with Gasteiger partial charge in [-0.25, -0.2) is 9.59 Å². The van der Waals surface area contributed by atoms with Gasteiger partial charge in [-0.15, -0.1) is 0 Å². The van der Waals surface area contributed by atoms with Crippen molar-refractivity contribution >= 4 is 40.6 Å². The Morgan fingerprint density at radius 2 is 1.79 bits per heavy atom. The van der Waals surface area contributed by atoms with E-state index < -0.39 is 83.0 Å². The average molecular weight is 780 g/mol. The highest BCUT2D eigenvalue weighted by molar-refractivity contribution is 6.11. The maximum absolute atomic E-state index is 14.7. The third-order valence-electron chi connectivity index (χ3n) is 12.2. The summed E-state index contributed by atoms with van der Waals surface area (Å²) < 4.78 is 37.1. The van der Waals surface area contributed by atoms with E-state index in [0.717, 1.165) is 16.5 Å². The fourth-order valence-corrected chi connectivity index (χ4v) is 8.99. The summed E-state index contributed by atoms with van der Waals surface area (Å²) in [4.78, 5) is 62.4. The van der Waals surface area contributed by atoms with Gasteiger partial charge in [0.05, 0.1) is 42.6 Å². The lowest BCUT2D eigenvalue weighted by Crippen LogP contribution is -2.61. The second-order valence-electron chi connectivity index (χ2n) is 16.7. The molecule has 4 fully saturated rings. The van der Waals surface area contributed by atoms with Gasteiger partial charge in [-0.3, -0.25) is 14.6 Å². The lowest BCUT2D eigenvalue weighted by atomic mass is 9.73. The Morgan fingerprint density at radius 3 is 2.46 bits per heavy atom. The number of hydrogen-bond acceptors (Lipinski definition) is 13. The Labute approximate surface area is 328 Å². The van der Waals surface area contributed by atoms with Crippen molar-refractivity contribution in [2.45, 2.75) is 127 Å². The number of para-hydroxylation sites is 1. The number of hydrogen-bond donors (Lipinski definition) is 2. The molecule has 6 rings (SSSR count). The molecule has 1 aromatic carbocycles. The molecule has 0 saturated carbocycles. The number of alkyl carbamates (subject to hydrolysis) is 1. The number of amides is 1. The standard InChI is InChI=1S/C42H57N3O11/c1-10-31-41(7)34(44-39(50)56-41)25(4)32(46)23(2)20-40(6,51-17-13-14-27-19-28-15-11-12-16-29(28)43-21-27)36(26(5)35(48)42(22-52-42)38(49)54-31)55-37-33(47)30(45(8)9)18-24(3)53-37/h11-16,19,21,23-26,30-31,33-34,36-37,47H,10,17-18,20,22H2,1-9H3,(H,44,50)/b14-13+/t23-,24-,25+,26+,30+,31-,33-,34-,36-,37+,40+,41-,42?/m1/s1. The van der Waals surface area contributed by atoms with E-state index in [2.05, 4.69) is 10.3 Å². The number of carbonyl (C=O) groups excluding carboxylic acids is 4. The third-order valence-corrected chi connectivity index (χ3v) is 12.2. The summed E-state index contributed by atoms with van der Waals surface area (Å²) in [5, 5.41) is 15.4. The molecule has 13 atom stereocenters. The summed E-state index contributed by atoms with van der Waals surface area (Å²) in [5.41, 5.74) is -3.05. The van der Waals surface area contributed by atoms with Gasteiger partial charge in [-0.2, -0.15) is 0 Å². The van der Waals surface area contributed by atoms with Gasteiger partial charge in [0.25, 0.3) is 0 Å². The number of cyclic esters (lactones) is 1. The molecule has 56 heavy (non-hydrogen) atoms. The highest BCUT2D eigenvalue weighted by Crippen LogP contribution is 2.43. The summed E-state index contributed by atoms with van der Waals surface area (Å²) in [6.07, 6.45) is 0.795.